The number of piperazine rings is 1. The summed E-state index contributed by atoms with van der Waals surface area (Å²) in [6.07, 6.45) is 1.83. The Balaban J connectivity index is 1.99. The van der Waals surface area contributed by atoms with Crippen LogP contribution in [-0.4, -0.2) is 23.9 Å². The van der Waals surface area contributed by atoms with Crippen LogP contribution in [0, 0.1) is 11.7 Å². The lowest BCUT2D eigenvalue weighted by Gasteiger charge is -2.40. The molecule has 1 aliphatic heterocycles. The Morgan fingerprint density at radius 3 is 2.70 bits per heavy atom. The zero-order valence-corrected chi connectivity index (χ0v) is 12.5. The van der Waals surface area contributed by atoms with Gasteiger partial charge in [-0.25, -0.2) is 4.39 Å². The van der Waals surface area contributed by atoms with Gasteiger partial charge in [0.1, 0.15) is 17.9 Å². The number of carbonyl (C=O) groups excluding carboxylic acids is 2. The van der Waals surface area contributed by atoms with E-state index < -0.39 is 11.4 Å². The van der Waals surface area contributed by atoms with Crippen LogP contribution in [0.4, 0.5) is 10.1 Å². The lowest BCUT2D eigenvalue weighted by atomic mass is 9.91. The second-order valence-electron chi connectivity index (χ2n) is 5.51. The first-order valence-corrected chi connectivity index (χ1v) is 7.29. The van der Waals surface area contributed by atoms with Crippen molar-refractivity contribution < 1.29 is 14.0 Å². The summed E-state index contributed by atoms with van der Waals surface area (Å²) in [7, 11) is 0. The number of hydrogen-bond acceptors (Lipinski definition) is 2. The number of anilines is 1. The zero-order valence-electron chi connectivity index (χ0n) is 11.0. The minimum absolute atomic E-state index is 0.139. The highest BCUT2D eigenvalue weighted by atomic mass is 79.9. The molecule has 0 bridgehead atoms. The van der Waals surface area contributed by atoms with Crippen LogP contribution in [-0.2, 0) is 9.59 Å². The maximum Gasteiger partial charge on any atom is 0.253 e. The smallest absolute Gasteiger partial charge is 0.253 e. The average Bonchev–Trinajstić information content (AvgIpc) is 3.18. The Morgan fingerprint density at radius 1 is 1.40 bits per heavy atom. The standard InChI is InChI=1S/C14H14BrFN2O2/c1-14(8-2-3-8)13(20)18(7-12(19)17-14)11-5-4-9(15)6-10(11)16/h4-6,8H,2-3,7H2,1H3,(H,17,19). The second-order valence-corrected chi connectivity index (χ2v) is 6.43. The summed E-state index contributed by atoms with van der Waals surface area (Å²) in [6.45, 7) is 1.59. The van der Waals surface area contributed by atoms with E-state index >= 15 is 0 Å². The van der Waals surface area contributed by atoms with Gasteiger partial charge in [-0.15, -0.1) is 0 Å². The lowest BCUT2D eigenvalue weighted by Crippen LogP contribution is -2.66. The predicted octanol–water partition coefficient (Wildman–Crippen LogP) is 2.22. The van der Waals surface area contributed by atoms with E-state index in [4.69, 9.17) is 0 Å². The molecule has 1 aromatic rings. The molecule has 1 aromatic carbocycles. The number of amides is 2. The van der Waals surface area contributed by atoms with Crippen LogP contribution in [0.2, 0.25) is 0 Å². The van der Waals surface area contributed by atoms with Crippen LogP contribution in [0.5, 0.6) is 0 Å². The SMILES string of the molecule is CC1(C2CC2)NC(=O)CN(c2ccc(Br)cc2F)C1=O. The molecule has 1 atom stereocenters. The predicted molar refractivity (Wildman–Crippen MR) is 75.7 cm³/mol. The van der Waals surface area contributed by atoms with Crippen molar-refractivity contribution in [2.45, 2.75) is 25.3 Å². The molecule has 2 aliphatic rings. The Kier molecular flexibility index (Phi) is 3.08. The summed E-state index contributed by atoms with van der Waals surface area (Å²) in [4.78, 5) is 25.8. The Bertz CT molecular complexity index is 603. The summed E-state index contributed by atoms with van der Waals surface area (Å²) >= 11 is 3.18. The van der Waals surface area contributed by atoms with Gasteiger partial charge in [0, 0.05) is 4.47 Å². The van der Waals surface area contributed by atoms with Gasteiger partial charge in [-0.05, 0) is 43.9 Å². The molecule has 0 spiro atoms. The fraction of sp³-hybridized carbons (Fsp3) is 0.429. The van der Waals surface area contributed by atoms with Gasteiger partial charge in [-0.1, -0.05) is 15.9 Å². The third-order valence-corrected chi connectivity index (χ3v) is 4.48. The van der Waals surface area contributed by atoms with E-state index in [-0.39, 0.29) is 30.0 Å². The monoisotopic (exact) mass is 340 g/mol. The van der Waals surface area contributed by atoms with E-state index in [1.165, 1.54) is 17.0 Å². The summed E-state index contributed by atoms with van der Waals surface area (Å²) < 4.78 is 14.6. The molecule has 1 saturated carbocycles. The van der Waals surface area contributed by atoms with Crippen LogP contribution in [0.3, 0.4) is 0 Å². The number of carbonyl (C=O) groups is 2. The zero-order chi connectivity index (χ0) is 14.5. The Labute approximate surface area is 124 Å². The van der Waals surface area contributed by atoms with Gasteiger partial charge in [0.15, 0.2) is 0 Å². The molecule has 106 valence electrons. The Hall–Kier alpha value is -1.43. The first-order chi connectivity index (χ1) is 9.41. The first kappa shape index (κ1) is 13.5. The fourth-order valence-corrected chi connectivity index (χ4v) is 3.04. The maximum atomic E-state index is 14.0. The van der Waals surface area contributed by atoms with Crippen molar-refractivity contribution in [2.24, 2.45) is 5.92 Å². The molecule has 3 rings (SSSR count). The molecule has 20 heavy (non-hydrogen) atoms. The van der Waals surface area contributed by atoms with Crippen LogP contribution in [0.25, 0.3) is 0 Å². The molecular weight excluding hydrogens is 327 g/mol. The van der Waals surface area contributed by atoms with E-state index in [2.05, 4.69) is 21.2 Å². The van der Waals surface area contributed by atoms with Crippen molar-refractivity contribution in [3.8, 4) is 0 Å². The van der Waals surface area contributed by atoms with Gasteiger partial charge in [0.2, 0.25) is 5.91 Å². The van der Waals surface area contributed by atoms with Crippen molar-refractivity contribution in [1.82, 2.24) is 5.32 Å². The normalized spacial score (nSPS) is 26.6. The van der Waals surface area contributed by atoms with Crippen molar-refractivity contribution in [1.29, 1.82) is 0 Å². The largest absolute Gasteiger partial charge is 0.340 e. The third-order valence-electron chi connectivity index (χ3n) is 3.98. The van der Waals surface area contributed by atoms with Crippen molar-refractivity contribution >= 4 is 33.4 Å². The van der Waals surface area contributed by atoms with Crippen molar-refractivity contribution in [2.75, 3.05) is 11.4 Å². The molecule has 2 fully saturated rings. The Morgan fingerprint density at radius 2 is 2.10 bits per heavy atom. The summed E-state index contributed by atoms with van der Waals surface area (Å²) in [5.41, 5.74) is -0.755. The summed E-state index contributed by atoms with van der Waals surface area (Å²) in [5.74, 6) is -0.844. The van der Waals surface area contributed by atoms with E-state index in [9.17, 15) is 14.0 Å². The van der Waals surface area contributed by atoms with Crippen LogP contribution in [0.15, 0.2) is 22.7 Å². The lowest BCUT2D eigenvalue weighted by molar-refractivity contribution is -0.136. The number of benzene rings is 1. The van der Waals surface area contributed by atoms with E-state index in [1.54, 1.807) is 13.0 Å². The molecule has 2 amide bonds. The highest BCUT2D eigenvalue weighted by Gasteiger charge is 2.53. The molecular formula is C14H14BrFN2O2. The molecule has 1 aliphatic carbocycles. The minimum Gasteiger partial charge on any atom is -0.340 e. The first-order valence-electron chi connectivity index (χ1n) is 6.50. The molecule has 0 radical (unpaired) electrons. The quantitative estimate of drug-likeness (QED) is 0.897. The van der Waals surface area contributed by atoms with Gasteiger partial charge in [-0.2, -0.15) is 0 Å². The molecule has 4 nitrogen and oxygen atoms in total. The van der Waals surface area contributed by atoms with E-state index in [0.29, 0.717) is 4.47 Å². The molecule has 1 saturated heterocycles. The van der Waals surface area contributed by atoms with Gasteiger partial charge in [0.05, 0.1) is 5.69 Å². The van der Waals surface area contributed by atoms with Crippen LogP contribution >= 0.6 is 15.9 Å². The number of halogens is 2. The van der Waals surface area contributed by atoms with E-state index in [0.717, 1.165) is 12.8 Å². The second kappa shape index (κ2) is 4.55. The number of nitrogens with one attached hydrogen (secondary N) is 1. The molecule has 0 aromatic heterocycles. The van der Waals surface area contributed by atoms with Crippen LogP contribution in [0.1, 0.15) is 19.8 Å². The highest BCUT2D eigenvalue weighted by molar-refractivity contribution is 9.10. The molecule has 1 heterocycles. The topological polar surface area (TPSA) is 49.4 Å². The van der Waals surface area contributed by atoms with Crippen molar-refractivity contribution in [3.63, 3.8) is 0 Å². The third kappa shape index (κ3) is 2.12. The van der Waals surface area contributed by atoms with Crippen molar-refractivity contribution in [3.05, 3.63) is 28.5 Å². The fourth-order valence-electron chi connectivity index (χ4n) is 2.71. The summed E-state index contributed by atoms with van der Waals surface area (Å²) in [6, 6.07) is 4.47. The van der Waals surface area contributed by atoms with Gasteiger partial charge in [0.25, 0.3) is 5.91 Å². The highest BCUT2D eigenvalue weighted by Crippen LogP contribution is 2.42. The maximum absolute atomic E-state index is 14.0. The average molecular weight is 341 g/mol. The number of nitrogens with zero attached hydrogens (tertiary/aromatic N) is 1. The number of hydrogen-bond donors (Lipinski definition) is 1. The minimum atomic E-state index is -0.908. The van der Waals surface area contributed by atoms with Gasteiger partial charge >= 0.3 is 0 Å². The van der Waals surface area contributed by atoms with Gasteiger partial charge in [-0.3, -0.25) is 14.5 Å². The van der Waals surface area contributed by atoms with Gasteiger partial charge < -0.3 is 5.32 Å². The number of rotatable bonds is 2. The molecule has 1 N–H and O–H groups in total. The summed E-state index contributed by atoms with van der Waals surface area (Å²) in [5, 5.41) is 2.77. The molecule has 1 unspecified atom stereocenters. The van der Waals surface area contributed by atoms with E-state index in [1.807, 2.05) is 0 Å². The van der Waals surface area contributed by atoms with Crippen LogP contribution < -0.4 is 10.2 Å². The molecule has 6 heteroatoms.